The van der Waals surface area contributed by atoms with Gasteiger partial charge in [0.2, 0.25) is 0 Å². The normalized spacial score (nSPS) is 12.8. The van der Waals surface area contributed by atoms with Crippen molar-refractivity contribution >= 4 is 5.71 Å². The molecule has 4 nitrogen and oxygen atoms in total. The van der Waals surface area contributed by atoms with Crippen molar-refractivity contribution in [2.45, 2.75) is 52.1 Å². The SMILES string of the molecule is CCCCCCC(C)Oc1ccc(/C(=N/O)c2ccccc2)c(O)c1. The number of benzene rings is 2. The second kappa shape index (κ2) is 9.72. The number of hydrogen-bond acceptors (Lipinski definition) is 4. The van der Waals surface area contributed by atoms with E-state index in [2.05, 4.69) is 12.1 Å². The molecule has 0 aliphatic rings. The van der Waals surface area contributed by atoms with Crippen LogP contribution in [0.2, 0.25) is 0 Å². The third kappa shape index (κ3) is 5.52. The molecule has 0 aliphatic carbocycles. The van der Waals surface area contributed by atoms with Crippen LogP contribution in [0, 0.1) is 0 Å². The van der Waals surface area contributed by atoms with E-state index >= 15 is 0 Å². The van der Waals surface area contributed by atoms with Gasteiger partial charge in [0.15, 0.2) is 0 Å². The van der Waals surface area contributed by atoms with Gasteiger partial charge in [-0.2, -0.15) is 0 Å². The van der Waals surface area contributed by atoms with Gasteiger partial charge in [0.1, 0.15) is 17.2 Å². The summed E-state index contributed by atoms with van der Waals surface area (Å²) in [6.45, 7) is 4.24. The molecule has 0 radical (unpaired) electrons. The molecule has 0 spiro atoms. The molecule has 0 saturated carbocycles. The van der Waals surface area contributed by atoms with E-state index in [0.717, 1.165) is 18.4 Å². The lowest BCUT2D eigenvalue weighted by Gasteiger charge is -2.16. The Morgan fingerprint density at radius 1 is 1.08 bits per heavy atom. The molecular weight excluding hydrogens is 314 g/mol. The molecule has 0 heterocycles. The minimum atomic E-state index is 0.0346. The van der Waals surface area contributed by atoms with Crippen molar-refractivity contribution in [2.75, 3.05) is 0 Å². The van der Waals surface area contributed by atoms with Gasteiger partial charge in [-0.05, 0) is 31.9 Å². The van der Waals surface area contributed by atoms with Crippen LogP contribution in [-0.4, -0.2) is 22.1 Å². The lowest BCUT2D eigenvalue weighted by molar-refractivity contribution is 0.205. The van der Waals surface area contributed by atoms with Crippen LogP contribution in [0.15, 0.2) is 53.7 Å². The summed E-state index contributed by atoms with van der Waals surface area (Å²) in [5.41, 5.74) is 1.53. The molecule has 1 atom stereocenters. The molecule has 0 aromatic heterocycles. The number of rotatable bonds is 9. The van der Waals surface area contributed by atoms with Crippen LogP contribution in [0.5, 0.6) is 11.5 Å². The van der Waals surface area contributed by atoms with E-state index in [-0.39, 0.29) is 11.9 Å². The Labute approximate surface area is 149 Å². The summed E-state index contributed by atoms with van der Waals surface area (Å²) in [4.78, 5) is 0. The Bertz CT molecular complexity index is 683. The highest BCUT2D eigenvalue weighted by atomic mass is 16.5. The zero-order valence-corrected chi connectivity index (χ0v) is 15.0. The highest BCUT2D eigenvalue weighted by Gasteiger charge is 2.14. The third-order valence-electron chi connectivity index (χ3n) is 4.17. The topological polar surface area (TPSA) is 62.0 Å². The maximum Gasteiger partial charge on any atom is 0.128 e. The first kappa shape index (κ1) is 18.8. The number of hydrogen-bond donors (Lipinski definition) is 2. The molecule has 0 amide bonds. The Balaban J connectivity index is 2.05. The summed E-state index contributed by atoms with van der Waals surface area (Å²) in [5.74, 6) is 0.655. The zero-order valence-electron chi connectivity index (χ0n) is 15.0. The van der Waals surface area contributed by atoms with Crippen molar-refractivity contribution in [3.05, 3.63) is 59.7 Å². The average Bonchev–Trinajstić information content (AvgIpc) is 2.62. The monoisotopic (exact) mass is 341 g/mol. The van der Waals surface area contributed by atoms with Gasteiger partial charge in [-0.15, -0.1) is 0 Å². The molecule has 2 aromatic carbocycles. The van der Waals surface area contributed by atoms with E-state index in [9.17, 15) is 10.3 Å². The van der Waals surface area contributed by atoms with Crippen molar-refractivity contribution in [2.24, 2.45) is 5.16 Å². The average molecular weight is 341 g/mol. The fourth-order valence-electron chi connectivity index (χ4n) is 2.80. The van der Waals surface area contributed by atoms with Gasteiger partial charge in [0.05, 0.1) is 6.10 Å². The smallest absolute Gasteiger partial charge is 0.128 e. The highest BCUT2D eigenvalue weighted by Crippen LogP contribution is 2.27. The Morgan fingerprint density at radius 3 is 2.48 bits per heavy atom. The third-order valence-corrected chi connectivity index (χ3v) is 4.17. The molecule has 4 heteroatoms. The van der Waals surface area contributed by atoms with E-state index < -0.39 is 0 Å². The molecule has 0 bridgehead atoms. The molecular formula is C21H27NO3. The highest BCUT2D eigenvalue weighted by molar-refractivity contribution is 6.14. The van der Waals surface area contributed by atoms with Gasteiger partial charge < -0.3 is 15.1 Å². The minimum absolute atomic E-state index is 0.0346. The van der Waals surface area contributed by atoms with Crippen molar-refractivity contribution in [3.63, 3.8) is 0 Å². The van der Waals surface area contributed by atoms with E-state index in [0.29, 0.717) is 17.0 Å². The number of aromatic hydroxyl groups is 1. The van der Waals surface area contributed by atoms with Crippen LogP contribution in [0.25, 0.3) is 0 Å². The van der Waals surface area contributed by atoms with Crippen molar-refractivity contribution in [3.8, 4) is 11.5 Å². The number of ether oxygens (including phenoxy) is 1. The van der Waals surface area contributed by atoms with Gasteiger partial charge in [0.25, 0.3) is 0 Å². The van der Waals surface area contributed by atoms with Crippen LogP contribution < -0.4 is 4.74 Å². The number of oxime groups is 1. The van der Waals surface area contributed by atoms with E-state index in [4.69, 9.17) is 4.74 Å². The predicted molar refractivity (Wildman–Crippen MR) is 101 cm³/mol. The predicted octanol–water partition coefficient (Wildman–Crippen LogP) is 5.36. The molecule has 2 N–H and O–H groups in total. The van der Waals surface area contributed by atoms with Gasteiger partial charge in [-0.1, -0.05) is 61.7 Å². The van der Waals surface area contributed by atoms with Gasteiger partial charge in [0, 0.05) is 17.2 Å². The number of phenolic OH excluding ortho intramolecular Hbond substituents is 1. The van der Waals surface area contributed by atoms with Crippen LogP contribution in [0.3, 0.4) is 0 Å². The van der Waals surface area contributed by atoms with E-state index in [1.807, 2.05) is 37.3 Å². The molecule has 2 rings (SSSR count). The van der Waals surface area contributed by atoms with Gasteiger partial charge >= 0.3 is 0 Å². The van der Waals surface area contributed by atoms with E-state index in [1.54, 1.807) is 18.2 Å². The van der Waals surface area contributed by atoms with Crippen LogP contribution in [-0.2, 0) is 0 Å². The van der Waals surface area contributed by atoms with Crippen molar-refractivity contribution in [1.29, 1.82) is 0 Å². The summed E-state index contributed by atoms with van der Waals surface area (Å²) in [7, 11) is 0. The van der Waals surface area contributed by atoms with Crippen molar-refractivity contribution < 1.29 is 15.1 Å². The quantitative estimate of drug-likeness (QED) is 0.279. The Morgan fingerprint density at radius 2 is 1.84 bits per heavy atom. The summed E-state index contributed by atoms with van der Waals surface area (Å²) >= 11 is 0. The summed E-state index contributed by atoms with van der Waals surface area (Å²) in [5, 5.41) is 23.1. The molecule has 0 saturated heterocycles. The Hall–Kier alpha value is -2.49. The molecule has 2 aromatic rings. The first-order valence-corrected chi connectivity index (χ1v) is 8.93. The van der Waals surface area contributed by atoms with Gasteiger partial charge in [-0.3, -0.25) is 0 Å². The zero-order chi connectivity index (χ0) is 18.1. The molecule has 0 aliphatic heterocycles. The second-order valence-electron chi connectivity index (χ2n) is 6.27. The second-order valence-corrected chi connectivity index (χ2v) is 6.27. The summed E-state index contributed by atoms with van der Waals surface area (Å²) in [6.07, 6.45) is 5.94. The maximum atomic E-state index is 10.3. The maximum absolute atomic E-state index is 10.3. The molecule has 1 unspecified atom stereocenters. The van der Waals surface area contributed by atoms with Crippen molar-refractivity contribution in [1.82, 2.24) is 0 Å². The molecule has 25 heavy (non-hydrogen) atoms. The lowest BCUT2D eigenvalue weighted by atomic mass is 10.0. The van der Waals surface area contributed by atoms with Gasteiger partial charge in [-0.25, -0.2) is 0 Å². The number of nitrogens with zero attached hydrogens (tertiary/aromatic N) is 1. The van der Waals surface area contributed by atoms with E-state index in [1.165, 1.54) is 19.3 Å². The van der Waals surface area contributed by atoms with Crippen LogP contribution >= 0.6 is 0 Å². The van der Waals surface area contributed by atoms with Crippen LogP contribution in [0.1, 0.15) is 57.1 Å². The minimum Gasteiger partial charge on any atom is -0.507 e. The number of phenols is 1. The fourth-order valence-corrected chi connectivity index (χ4v) is 2.80. The largest absolute Gasteiger partial charge is 0.507 e. The first-order valence-electron chi connectivity index (χ1n) is 8.93. The number of unbranched alkanes of at least 4 members (excludes halogenated alkanes) is 3. The molecule has 0 fully saturated rings. The summed E-state index contributed by atoms with van der Waals surface area (Å²) in [6, 6.07) is 14.4. The fraction of sp³-hybridized carbons (Fsp3) is 0.381. The Kier molecular flexibility index (Phi) is 7.33. The first-order chi connectivity index (χ1) is 12.2. The van der Waals surface area contributed by atoms with Crippen LogP contribution in [0.4, 0.5) is 0 Å². The summed E-state index contributed by atoms with van der Waals surface area (Å²) < 4.78 is 5.89. The molecule has 134 valence electrons. The standard InChI is InChI=1S/C21H27NO3/c1-3-4-5-7-10-16(2)25-18-13-14-19(20(23)15-18)21(22-24)17-11-8-6-9-12-17/h6,8-9,11-16,23-24H,3-5,7,10H2,1-2H3/b22-21+. The lowest BCUT2D eigenvalue weighted by Crippen LogP contribution is -2.12.